The molecule has 30 heavy (non-hydrogen) atoms. The molecule has 2 aromatic carbocycles. The van der Waals surface area contributed by atoms with E-state index in [9.17, 15) is 31.6 Å². The minimum atomic E-state index is -3.40. The van der Waals surface area contributed by atoms with Gasteiger partial charge in [-0.3, -0.25) is 14.5 Å². The highest BCUT2D eigenvalue weighted by atomic mass is 32.2. The normalized spacial score (nSPS) is 19.0. The van der Waals surface area contributed by atoms with Crippen LogP contribution >= 0.6 is 0 Å². The molecule has 158 valence electrons. The van der Waals surface area contributed by atoms with Crippen molar-refractivity contribution in [2.75, 3.05) is 18.1 Å². The van der Waals surface area contributed by atoms with E-state index < -0.39 is 51.4 Å². The molecule has 11 heteroatoms. The van der Waals surface area contributed by atoms with Gasteiger partial charge in [-0.1, -0.05) is 6.07 Å². The van der Waals surface area contributed by atoms with Crippen LogP contribution < -0.4 is 10.6 Å². The minimum absolute atomic E-state index is 0.0269. The summed E-state index contributed by atoms with van der Waals surface area (Å²) in [5.41, 5.74) is -1.37. The third-order valence-electron chi connectivity index (χ3n) is 4.64. The Balaban J connectivity index is 1.73. The lowest BCUT2D eigenvalue weighted by molar-refractivity contribution is -0.133. The van der Waals surface area contributed by atoms with Gasteiger partial charge in [0.05, 0.1) is 4.90 Å². The first-order valence-electron chi connectivity index (χ1n) is 8.61. The Kier molecular flexibility index (Phi) is 5.33. The Bertz CT molecular complexity index is 1150. The van der Waals surface area contributed by atoms with Gasteiger partial charge in [-0.05, 0) is 48.9 Å². The Hall–Kier alpha value is -3.34. The number of nitrogens with zero attached hydrogens (tertiary/aromatic N) is 1. The number of hydrogen-bond acceptors (Lipinski definition) is 5. The second kappa shape index (κ2) is 7.48. The highest BCUT2D eigenvalue weighted by Gasteiger charge is 2.49. The van der Waals surface area contributed by atoms with Gasteiger partial charge in [-0.2, -0.15) is 0 Å². The van der Waals surface area contributed by atoms with Crippen molar-refractivity contribution in [2.45, 2.75) is 17.4 Å². The predicted octanol–water partition coefficient (Wildman–Crippen LogP) is 1.77. The lowest BCUT2D eigenvalue weighted by Gasteiger charge is -2.22. The third-order valence-corrected chi connectivity index (χ3v) is 5.77. The quantitative estimate of drug-likeness (QED) is 0.693. The van der Waals surface area contributed by atoms with Crippen molar-refractivity contribution < 1.29 is 31.6 Å². The number of imide groups is 1. The van der Waals surface area contributed by atoms with Crippen LogP contribution in [0.15, 0.2) is 47.4 Å². The Morgan fingerprint density at radius 3 is 2.30 bits per heavy atom. The maximum atomic E-state index is 13.6. The van der Waals surface area contributed by atoms with E-state index in [1.807, 2.05) is 0 Å². The van der Waals surface area contributed by atoms with Gasteiger partial charge in [0, 0.05) is 11.9 Å². The first-order chi connectivity index (χ1) is 13.9. The van der Waals surface area contributed by atoms with Crippen molar-refractivity contribution in [1.82, 2.24) is 10.2 Å². The van der Waals surface area contributed by atoms with Crippen molar-refractivity contribution in [3.63, 3.8) is 0 Å². The van der Waals surface area contributed by atoms with Gasteiger partial charge in [0.2, 0.25) is 5.91 Å². The zero-order valence-corrected chi connectivity index (χ0v) is 16.7. The number of nitrogens with one attached hydrogen (secondary N) is 2. The lowest BCUT2D eigenvalue weighted by atomic mass is 9.92. The third kappa shape index (κ3) is 4.01. The van der Waals surface area contributed by atoms with Crippen LogP contribution in [-0.2, 0) is 25.0 Å². The molecule has 1 aliphatic heterocycles. The van der Waals surface area contributed by atoms with Crippen LogP contribution in [0.25, 0.3) is 0 Å². The number of benzene rings is 2. The zero-order chi connectivity index (χ0) is 22.3. The van der Waals surface area contributed by atoms with E-state index in [1.54, 1.807) is 0 Å². The van der Waals surface area contributed by atoms with E-state index in [1.165, 1.54) is 37.3 Å². The molecule has 8 nitrogen and oxygen atoms in total. The molecule has 1 fully saturated rings. The molecule has 0 unspecified atom stereocenters. The summed E-state index contributed by atoms with van der Waals surface area (Å²) in [4.78, 5) is 38.0. The number of carbonyl (C=O) groups excluding carboxylic acids is 3. The van der Waals surface area contributed by atoms with Gasteiger partial charge in [0.1, 0.15) is 12.1 Å². The lowest BCUT2D eigenvalue weighted by Crippen LogP contribution is -2.42. The van der Waals surface area contributed by atoms with Crippen LogP contribution in [0.1, 0.15) is 12.5 Å². The van der Waals surface area contributed by atoms with Gasteiger partial charge >= 0.3 is 6.03 Å². The maximum Gasteiger partial charge on any atom is 0.325 e. The van der Waals surface area contributed by atoms with Crippen molar-refractivity contribution in [3.8, 4) is 0 Å². The van der Waals surface area contributed by atoms with E-state index >= 15 is 0 Å². The number of urea groups is 1. The predicted molar refractivity (Wildman–Crippen MR) is 102 cm³/mol. The van der Waals surface area contributed by atoms with Gasteiger partial charge in [-0.15, -0.1) is 0 Å². The van der Waals surface area contributed by atoms with Gasteiger partial charge in [-0.25, -0.2) is 22.0 Å². The van der Waals surface area contributed by atoms with E-state index in [2.05, 4.69) is 10.6 Å². The molecule has 1 saturated heterocycles. The average Bonchev–Trinajstić information content (AvgIpc) is 2.87. The Labute approximate surface area is 170 Å². The standard InChI is InChI=1S/C19H17F2N3O5S/c1-19(11-3-8-14(20)15(21)9-11)17(26)24(18(27)23-19)10-16(25)22-12-4-6-13(7-5-12)30(2,28)29/h3-9H,10H2,1-2H3,(H,22,25)(H,23,27)/t19-/m0/s1. The minimum Gasteiger partial charge on any atom is -0.325 e. The number of rotatable bonds is 5. The molecule has 0 radical (unpaired) electrons. The van der Waals surface area contributed by atoms with Crippen LogP contribution in [-0.4, -0.2) is 44.0 Å². The monoisotopic (exact) mass is 437 g/mol. The van der Waals surface area contributed by atoms with Crippen LogP contribution in [0.2, 0.25) is 0 Å². The fourth-order valence-electron chi connectivity index (χ4n) is 2.97. The largest absolute Gasteiger partial charge is 0.325 e. The Morgan fingerprint density at radius 1 is 1.10 bits per heavy atom. The molecule has 4 amide bonds. The van der Waals surface area contributed by atoms with E-state index in [0.29, 0.717) is 4.90 Å². The molecular weight excluding hydrogens is 420 g/mol. The molecule has 0 bridgehead atoms. The van der Waals surface area contributed by atoms with Crippen LogP contribution in [0.3, 0.4) is 0 Å². The number of anilines is 1. The summed E-state index contributed by atoms with van der Waals surface area (Å²) in [6.07, 6.45) is 1.04. The van der Waals surface area contributed by atoms with Crippen molar-refractivity contribution >= 4 is 33.4 Å². The molecule has 0 saturated carbocycles. The van der Waals surface area contributed by atoms with Gasteiger partial charge < -0.3 is 10.6 Å². The summed E-state index contributed by atoms with van der Waals surface area (Å²) in [7, 11) is -3.40. The summed E-state index contributed by atoms with van der Waals surface area (Å²) < 4.78 is 49.7. The summed E-state index contributed by atoms with van der Waals surface area (Å²) >= 11 is 0. The molecule has 1 heterocycles. The molecule has 0 aliphatic carbocycles. The first kappa shape index (κ1) is 21.4. The van der Waals surface area contributed by atoms with Crippen LogP contribution in [0, 0.1) is 11.6 Å². The molecule has 0 spiro atoms. The smallest absolute Gasteiger partial charge is 0.325 e. The van der Waals surface area contributed by atoms with Crippen LogP contribution in [0.5, 0.6) is 0 Å². The van der Waals surface area contributed by atoms with Crippen molar-refractivity contribution in [3.05, 3.63) is 59.7 Å². The van der Waals surface area contributed by atoms with Gasteiger partial charge in [0.25, 0.3) is 5.91 Å². The summed E-state index contributed by atoms with van der Waals surface area (Å²) in [5, 5.41) is 4.84. The Morgan fingerprint density at radius 2 is 1.73 bits per heavy atom. The number of amides is 4. The molecule has 0 aromatic heterocycles. The first-order valence-corrected chi connectivity index (χ1v) is 10.5. The average molecular weight is 437 g/mol. The number of sulfone groups is 1. The van der Waals surface area contributed by atoms with Crippen LogP contribution in [0.4, 0.5) is 19.3 Å². The fourth-order valence-corrected chi connectivity index (χ4v) is 3.60. The number of carbonyl (C=O) groups is 3. The zero-order valence-electron chi connectivity index (χ0n) is 15.9. The SMILES string of the molecule is C[C@@]1(c2ccc(F)c(F)c2)NC(=O)N(CC(=O)Nc2ccc(S(C)(=O)=O)cc2)C1=O. The maximum absolute atomic E-state index is 13.6. The molecule has 2 N–H and O–H groups in total. The molecule has 2 aromatic rings. The highest BCUT2D eigenvalue weighted by molar-refractivity contribution is 7.90. The number of halogens is 2. The summed E-state index contributed by atoms with van der Waals surface area (Å²) in [6.45, 7) is 0.694. The summed E-state index contributed by atoms with van der Waals surface area (Å²) in [5.74, 6) is -3.79. The molecule has 3 rings (SSSR count). The highest BCUT2D eigenvalue weighted by Crippen LogP contribution is 2.29. The summed E-state index contributed by atoms with van der Waals surface area (Å²) in [6, 6.07) is 7.29. The second-order valence-electron chi connectivity index (χ2n) is 6.92. The number of hydrogen-bond donors (Lipinski definition) is 2. The van der Waals surface area contributed by atoms with Crippen molar-refractivity contribution in [2.24, 2.45) is 0 Å². The molecule has 1 atom stereocenters. The molecule has 1 aliphatic rings. The van der Waals surface area contributed by atoms with E-state index in [0.717, 1.165) is 18.4 Å². The van der Waals surface area contributed by atoms with Gasteiger partial charge in [0.15, 0.2) is 21.5 Å². The van der Waals surface area contributed by atoms with E-state index in [-0.39, 0.29) is 16.1 Å². The molecular formula is C19H17F2N3O5S. The van der Waals surface area contributed by atoms with E-state index in [4.69, 9.17) is 0 Å². The fraction of sp³-hybridized carbons (Fsp3) is 0.211. The van der Waals surface area contributed by atoms with Crippen molar-refractivity contribution in [1.29, 1.82) is 0 Å². The topological polar surface area (TPSA) is 113 Å². The second-order valence-corrected chi connectivity index (χ2v) is 8.94.